The Labute approximate surface area is 195 Å². The molecule has 2 atom stereocenters. The van der Waals surface area contributed by atoms with Gasteiger partial charge in [-0.2, -0.15) is 0 Å². The van der Waals surface area contributed by atoms with Crippen LogP contribution in [0.2, 0.25) is 0 Å². The third-order valence-corrected chi connectivity index (χ3v) is 7.25. The summed E-state index contributed by atoms with van der Waals surface area (Å²) in [7, 11) is 0. The number of hydrogen-bond acceptors (Lipinski definition) is 2. The van der Waals surface area contributed by atoms with Crippen molar-refractivity contribution < 1.29 is 9.59 Å². The molecular formula is C28H55N2O+. The van der Waals surface area contributed by atoms with Gasteiger partial charge in [0.05, 0.1) is 13.1 Å². The minimum atomic E-state index is -0.317. The minimum Gasteiger partial charge on any atom is -0.345 e. The lowest BCUT2D eigenvalue weighted by Gasteiger charge is -2.36. The highest BCUT2D eigenvalue weighted by molar-refractivity contribution is 5.76. The molecule has 1 aliphatic rings. The van der Waals surface area contributed by atoms with Gasteiger partial charge in [-0.05, 0) is 39.0 Å². The maximum atomic E-state index is 10.2. The van der Waals surface area contributed by atoms with Crippen LogP contribution in [0.1, 0.15) is 136 Å². The van der Waals surface area contributed by atoms with Crippen LogP contribution >= 0.6 is 0 Å². The number of unbranched alkanes of at least 4 members (excludes halogenated alkanes) is 15. The van der Waals surface area contributed by atoms with Gasteiger partial charge in [-0.15, -0.1) is 0 Å². The van der Waals surface area contributed by atoms with E-state index < -0.39 is 0 Å². The van der Waals surface area contributed by atoms with Gasteiger partial charge in [0.15, 0.2) is 6.23 Å². The second-order valence-corrected chi connectivity index (χ2v) is 9.75. The van der Waals surface area contributed by atoms with E-state index >= 15 is 0 Å². The molecule has 0 aliphatic carbocycles. The quantitative estimate of drug-likeness (QED) is 0.110. The Morgan fingerprint density at radius 3 is 1.74 bits per heavy atom. The molecule has 0 amide bonds. The van der Waals surface area contributed by atoms with Crippen LogP contribution in [-0.4, -0.2) is 41.3 Å². The monoisotopic (exact) mass is 435 g/mol. The maximum absolute atomic E-state index is 10.2. The zero-order valence-corrected chi connectivity index (χ0v) is 21.4. The zero-order valence-electron chi connectivity index (χ0n) is 21.4. The summed E-state index contributed by atoms with van der Waals surface area (Å²) < 4.78 is 0.717. The minimum absolute atomic E-state index is 0.317. The lowest BCUT2D eigenvalue weighted by Crippen LogP contribution is -2.56. The first-order chi connectivity index (χ1) is 15.2. The van der Waals surface area contributed by atoms with Crippen molar-refractivity contribution in [3.63, 3.8) is 0 Å². The second-order valence-electron chi connectivity index (χ2n) is 9.75. The largest absolute Gasteiger partial charge is 0.345 e. The molecule has 0 spiro atoms. The molecule has 3 nitrogen and oxygen atoms in total. The van der Waals surface area contributed by atoms with E-state index in [9.17, 15) is 5.11 Å². The smallest absolute Gasteiger partial charge is 0.200 e. The van der Waals surface area contributed by atoms with Gasteiger partial charge >= 0.3 is 0 Å². The van der Waals surface area contributed by atoms with Crippen molar-refractivity contribution in [2.75, 3.05) is 19.6 Å². The number of allylic oxidation sites excluding steroid dienone is 2. The van der Waals surface area contributed by atoms with E-state index in [1.54, 1.807) is 0 Å². The number of amidine groups is 1. The van der Waals surface area contributed by atoms with Crippen molar-refractivity contribution in [3.8, 4) is 0 Å². The molecule has 0 saturated carbocycles. The number of hydrogen-bond donors (Lipinski definition) is 1. The summed E-state index contributed by atoms with van der Waals surface area (Å²) in [5.74, 6) is 1.25. The second kappa shape index (κ2) is 18.9. The lowest BCUT2D eigenvalue weighted by molar-refractivity contribution is -0.882. The molecule has 31 heavy (non-hydrogen) atoms. The van der Waals surface area contributed by atoms with Gasteiger partial charge in [0.1, 0.15) is 6.54 Å². The van der Waals surface area contributed by atoms with E-state index in [1.807, 2.05) is 6.92 Å². The van der Waals surface area contributed by atoms with Crippen molar-refractivity contribution in [3.05, 3.63) is 12.2 Å². The van der Waals surface area contributed by atoms with Crippen LogP contribution in [0.4, 0.5) is 0 Å². The van der Waals surface area contributed by atoms with Crippen molar-refractivity contribution in [1.82, 2.24) is 0 Å². The van der Waals surface area contributed by atoms with Crippen molar-refractivity contribution in [2.45, 2.75) is 143 Å². The number of rotatable bonds is 21. The summed E-state index contributed by atoms with van der Waals surface area (Å²) in [6.45, 7) is 9.23. The van der Waals surface area contributed by atoms with Crippen LogP contribution in [0.15, 0.2) is 17.1 Å². The van der Waals surface area contributed by atoms with Crippen LogP contribution in [0, 0.1) is 0 Å². The van der Waals surface area contributed by atoms with E-state index in [-0.39, 0.29) is 6.23 Å². The fraction of sp³-hybridized carbons (Fsp3) is 0.893. The third-order valence-electron chi connectivity index (χ3n) is 7.25. The summed E-state index contributed by atoms with van der Waals surface area (Å²) >= 11 is 0. The topological polar surface area (TPSA) is 32.6 Å². The third kappa shape index (κ3) is 12.2. The molecule has 3 heteroatoms. The lowest BCUT2D eigenvalue weighted by atomic mass is 10.0. The Balaban J connectivity index is 1.85. The highest BCUT2D eigenvalue weighted by atomic mass is 16.3. The average Bonchev–Trinajstić information content (AvgIpc) is 3.19. The number of aliphatic hydroxyl groups is 1. The first kappa shape index (κ1) is 28.4. The average molecular weight is 436 g/mol. The van der Waals surface area contributed by atoms with Crippen LogP contribution in [0.25, 0.3) is 0 Å². The van der Waals surface area contributed by atoms with Crippen LogP contribution < -0.4 is 0 Å². The molecule has 0 aromatic heterocycles. The van der Waals surface area contributed by atoms with E-state index in [0.29, 0.717) is 0 Å². The fourth-order valence-electron chi connectivity index (χ4n) is 5.00. The number of aliphatic hydroxyl groups excluding tert-OH is 1. The van der Waals surface area contributed by atoms with E-state index in [2.05, 4.69) is 26.0 Å². The van der Waals surface area contributed by atoms with Crippen LogP contribution in [0.5, 0.6) is 0 Å². The molecule has 0 aromatic rings. The molecule has 1 aliphatic heterocycles. The number of nitrogens with zero attached hydrogens (tertiary/aromatic N) is 2. The number of quaternary nitrogens is 1. The predicted molar refractivity (Wildman–Crippen MR) is 138 cm³/mol. The van der Waals surface area contributed by atoms with Crippen molar-refractivity contribution >= 4 is 5.84 Å². The van der Waals surface area contributed by atoms with Gasteiger partial charge in [-0.1, -0.05) is 96.1 Å². The van der Waals surface area contributed by atoms with Gasteiger partial charge in [0.25, 0.3) is 0 Å². The van der Waals surface area contributed by atoms with Crippen LogP contribution in [0.3, 0.4) is 0 Å². The molecule has 0 aromatic carbocycles. The Kier molecular flexibility index (Phi) is 17.3. The van der Waals surface area contributed by atoms with Gasteiger partial charge in [0.2, 0.25) is 5.84 Å². The molecule has 0 radical (unpaired) electrons. The molecule has 0 fully saturated rings. The van der Waals surface area contributed by atoms with E-state index in [1.165, 1.54) is 115 Å². The summed E-state index contributed by atoms with van der Waals surface area (Å²) in [5, 5.41) is 10.2. The summed E-state index contributed by atoms with van der Waals surface area (Å²) in [4.78, 5) is 4.72. The Morgan fingerprint density at radius 1 is 0.774 bits per heavy atom. The molecule has 1 rings (SSSR count). The number of aliphatic imine (C=N–C) groups is 1. The van der Waals surface area contributed by atoms with E-state index in [4.69, 9.17) is 4.99 Å². The SMILES string of the molecule is CCCCCCC/C=C/CCCCCCCCCCCCC1=NCC[N+]1(CC)C(C)O. The predicted octanol–water partition coefficient (Wildman–Crippen LogP) is 8.17. The first-order valence-corrected chi connectivity index (χ1v) is 13.9. The molecule has 0 bridgehead atoms. The van der Waals surface area contributed by atoms with Crippen molar-refractivity contribution in [1.29, 1.82) is 0 Å². The van der Waals surface area contributed by atoms with Crippen molar-refractivity contribution in [2.24, 2.45) is 4.99 Å². The Bertz CT molecular complexity index is 472. The zero-order chi connectivity index (χ0) is 22.6. The normalized spacial score (nSPS) is 19.9. The molecule has 1 heterocycles. The van der Waals surface area contributed by atoms with E-state index in [0.717, 1.165) is 30.5 Å². The van der Waals surface area contributed by atoms with Gasteiger partial charge < -0.3 is 5.11 Å². The first-order valence-electron chi connectivity index (χ1n) is 13.9. The summed E-state index contributed by atoms with van der Waals surface area (Å²) in [5.41, 5.74) is 0. The van der Waals surface area contributed by atoms with Gasteiger partial charge in [0, 0.05) is 13.3 Å². The van der Waals surface area contributed by atoms with Gasteiger partial charge in [-0.3, -0.25) is 4.48 Å². The summed E-state index contributed by atoms with van der Waals surface area (Å²) in [6.07, 6.45) is 28.9. The Hall–Kier alpha value is -0.670. The Morgan fingerprint density at radius 2 is 1.26 bits per heavy atom. The highest BCUT2D eigenvalue weighted by Crippen LogP contribution is 2.23. The number of likely N-dealkylation sites (N-methyl/N-ethyl adjacent to an activating group) is 1. The molecule has 0 saturated heterocycles. The molecule has 182 valence electrons. The highest BCUT2D eigenvalue weighted by Gasteiger charge is 2.40. The van der Waals surface area contributed by atoms with Gasteiger partial charge in [-0.25, -0.2) is 4.99 Å². The standard InChI is InChI=1S/C28H55N2O/c1-4-6-7-8-9-10-11-12-13-14-15-16-17-18-19-20-21-22-23-24-28-29-25-26-30(28,5-2)27(3)31/h11-12,27,31H,4-10,13-26H2,1-3H3/q+1/b12-11+. The summed E-state index contributed by atoms with van der Waals surface area (Å²) in [6, 6.07) is 0. The maximum Gasteiger partial charge on any atom is 0.200 e. The fourth-order valence-corrected chi connectivity index (χ4v) is 5.00. The molecule has 1 N–H and O–H groups in total. The van der Waals surface area contributed by atoms with Crippen LogP contribution in [-0.2, 0) is 0 Å². The molecular weight excluding hydrogens is 380 g/mol. The molecule has 2 unspecified atom stereocenters.